The Hall–Kier alpha value is -3.09. The van der Waals surface area contributed by atoms with E-state index < -0.39 is 0 Å². The van der Waals surface area contributed by atoms with Gasteiger partial charge in [-0.1, -0.05) is 24.3 Å². The Labute approximate surface area is 165 Å². The Balaban J connectivity index is 1.59. The minimum Gasteiger partial charge on any atom is -0.450 e. The number of benzene rings is 1. The van der Waals surface area contributed by atoms with E-state index in [9.17, 15) is 9.59 Å². The van der Waals surface area contributed by atoms with Gasteiger partial charge in [-0.15, -0.1) is 0 Å². The third kappa shape index (κ3) is 4.79. The molecule has 7 heteroatoms. The summed E-state index contributed by atoms with van der Waals surface area (Å²) in [5.41, 5.74) is 2.82. The van der Waals surface area contributed by atoms with Crippen LogP contribution in [0.1, 0.15) is 28.4 Å². The third-order valence-corrected chi connectivity index (χ3v) is 4.84. The van der Waals surface area contributed by atoms with Crippen molar-refractivity contribution in [2.24, 2.45) is 0 Å². The number of carbonyl (C=O) groups excluding carboxylic acids is 2. The van der Waals surface area contributed by atoms with Gasteiger partial charge in [0.15, 0.2) is 0 Å². The van der Waals surface area contributed by atoms with Gasteiger partial charge in [-0.25, -0.2) is 9.78 Å². The van der Waals surface area contributed by atoms with Gasteiger partial charge in [0, 0.05) is 44.5 Å². The fourth-order valence-electron chi connectivity index (χ4n) is 3.15. The number of aryl methyl sites for hydroxylation is 1. The topological polar surface area (TPSA) is 74.8 Å². The van der Waals surface area contributed by atoms with E-state index in [4.69, 9.17) is 4.74 Å². The van der Waals surface area contributed by atoms with Gasteiger partial charge in [0.2, 0.25) is 0 Å². The standard InChI is InChI=1S/C21H26N4O3/c1-3-28-21(27)25-12-10-24(11-13-25)19-14-17(8-9-22-19)20(26)23-15-18-7-5-4-6-16(18)2/h4-9,14H,3,10-13,15H2,1-2H3,(H,23,26). The molecule has 1 N–H and O–H groups in total. The summed E-state index contributed by atoms with van der Waals surface area (Å²) >= 11 is 0. The molecule has 0 unspecified atom stereocenters. The number of hydrogen-bond acceptors (Lipinski definition) is 5. The Morgan fingerprint density at radius 1 is 1.14 bits per heavy atom. The molecule has 1 aliphatic heterocycles. The Kier molecular flexibility index (Phi) is 6.47. The number of ether oxygens (including phenoxy) is 1. The van der Waals surface area contributed by atoms with E-state index in [0.29, 0.717) is 44.9 Å². The van der Waals surface area contributed by atoms with Crippen LogP contribution in [0.5, 0.6) is 0 Å². The lowest BCUT2D eigenvalue weighted by Crippen LogP contribution is -2.49. The first-order chi connectivity index (χ1) is 13.6. The van der Waals surface area contributed by atoms with Crippen LogP contribution in [0.4, 0.5) is 10.6 Å². The van der Waals surface area contributed by atoms with Crippen LogP contribution in [0.15, 0.2) is 42.6 Å². The third-order valence-electron chi connectivity index (χ3n) is 4.84. The van der Waals surface area contributed by atoms with E-state index in [1.807, 2.05) is 31.2 Å². The molecule has 0 spiro atoms. The molecule has 3 rings (SSSR count). The molecule has 0 radical (unpaired) electrons. The Morgan fingerprint density at radius 3 is 2.61 bits per heavy atom. The predicted octanol–water partition coefficient (Wildman–Crippen LogP) is 2.60. The first-order valence-corrected chi connectivity index (χ1v) is 9.54. The summed E-state index contributed by atoms with van der Waals surface area (Å²) < 4.78 is 5.04. The molecule has 2 aromatic rings. The van der Waals surface area contributed by atoms with Gasteiger partial charge in [-0.3, -0.25) is 4.79 Å². The molecule has 1 aromatic carbocycles. The molecule has 1 saturated heterocycles. The number of carbonyl (C=O) groups is 2. The van der Waals surface area contributed by atoms with Crippen LogP contribution >= 0.6 is 0 Å². The smallest absolute Gasteiger partial charge is 0.409 e. The highest BCUT2D eigenvalue weighted by molar-refractivity contribution is 5.94. The van der Waals surface area contributed by atoms with Crippen LogP contribution in [-0.4, -0.2) is 54.7 Å². The molecule has 0 atom stereocenters. The fourth-order valence-corrected chi connectivity index (χ4v) is 3.15. The minimum atomic E-state index is -0.278. The van der Waals surface area contributed by atoms with Gasteiger partial charge in [0.1, 0.15) is 5.82 Å². The summed E-state index contributed by atoms with van der Waals surface area (Å²) in [5.74, 6) is 0.615. The van der Waals surface area contributed by atoms with Gasteiger partial charge in [0.05, 0.1) is 6.61 Å². The molecular formula is C21H26N4O3. The van der Waals surface area contributed by atoms with Crippen LogP contribution in [0.2, 0.25) is 0 Å². The zero-order valence-electron chi connectivity index (χ0n) is 16.4. The SMILES string of the molecule is CCOC(=O)N1CCN(c2cc(C(=O)NCc3ccccc3C)ccn2)CC1. The number of rotatable bonds is 5. The highest BCUT2D eigenvalue weighted by atomic mass is 16.6. The van der Waals surface area contributed by atoms with Gasteiger partial charge in [0.25, 0.3) is 5.91 Å². The monoisotopic (exact) mass is 382 g/mol. The molecule has 1 aliphatic rings. The van der Waals surface area contributed by atoms with Gasteiger partial charge < -0.3 is 19.9 Å². The average molecular weight is 382 g/mol. The summed E-state index contributed by atoms with van der Waals surface area (Å²) in [6.07, 6.45) is 1.37. The molecule has 28 heavy (non-hydrogen) atoms. The number of piperazine rings is 1. The van der Waals surface area contributed by atoms with Crippen molar-refractivity contribution < 1.29 is 14.3 Å². The molecular weight excluding hydrogens is 356 g/mol. The second kappa shape index (κ2) is 9.21. The lowest BCUT2D eigenvalue weighted by atomic mass is 10.1. The first kappa shape index (κ1) is 19.7. The quantitative estimate of drug-likeness (QED) is 0.860. The van der Waals surface area contributed by atoms with E-state index in [1.54, 1.807) is 30.2 Å². The zero-order valence-corrected chi connectivity index (χ0v) is 16.4. The predicted molar refractivity (Wildman–Crippen MR) is 107 cm³/mol. The van der Waals surface area contributed by atoms with Gasteiger partial charge in [-0.05, 0) is 37.1 Å². The highest BCUT2D eigenvalue weighted by Crippen LogP contribution is 2.16. The number of aromatic nitrogens is 1. The van der Waals surface area contributed by atoms with E-state index in [0.717, 1.165) is 16.9 Å². The first-order valence-electron chi connectivity index (χ1n) is 9.54. The van der Waals surface area contributed by atoms with Crippen molar-refractivity contribution in [3.05, 3.63) is 59.3 Å². The number of nitrogens with one attached hydrogen (secondary N) is 1. The van der Waals surface area contributed by atoms with Crippen molar-refractivity contribution in [1.29, 1.82) is 0 Å². The van der Waals surface area contributed by atoms with Crippen molar-refractivity contribution >= 4 is 17.8 Å². The molecule has 1 aromatic heterocycles. The summed E-state index contributed by atoms with van der Waals surface area (Å²) in [6.45, 7) is 7.14. The summed E-state index contributed by atoms with van der Waals surface area (Å²) in [7, 11) is 0. The summed E-state index contributed by atoms with van der Waals surface area (Å²) in [5, 5.41) is 2.97. The second-order valence-electron chi connectivity index (χ2n) is 6.68. The van der Waals surface area contributed by atoms with Crippen molar-refractivity contribution in [3.63, 3.8) is 0 Å². The molecule has 2 amide bonds. The maximum atomic E-state index is 12.6. The van der Waals surface area contributed by atoms with E-state index in [-0.39, 0.29) is 12.0 Å². The normalized spacial score (nSPS) is 13.9. The van der Waals surface area contributed by atoms with Gasteiger partial charge >= 0.3 is 6.09 Å². The Morgan fingerprint density at radius 2 is 1.89 bits per heavy atom. The van der Waals surface area contributed by atoms with Crippen LogP contribution in [0.3, 0.4) is 0 Å². The molecule has 0 saturated carbocycles. The maximum absolute atomic E-state index is 12.6. The number of anilines is 1. The molecule has 2 heterocycles. The summed E-state index contributed by atoms with van der Waals surface area (Å²) in [4.78, 5) is 32.5. The second-order valence-corrected chi connectivity index (χ2v) is 6.68. The molecule has 7 nitrogen and oxygen atoms in total. The lowest BCUT2D eigenvalue weighted by Gasteiger charge is -2.34. The largest absolute Gasteiger partial charge is 0.450 e. The Bertz CT molecular complexity index is 832. The highest BCUT2D eigenvalue weighted by Gasteiger charge is 2.23. The fraction of sp³-hybridized carbons (Fsp3) is 0.381. The van der Waals surface area contributed by atoms with Gasteiger partial charge in [-0.2, -0.15) is 0 Å². The van der Waals surface area contributed by atoms with Crippen LogP contribution < -0.4 is 10.2 Å². The van der Waals surface area contributed by atoms with Crippen LogP contribution in [-0.2, 0) is 11.3 Å². The van der Waals surface area contributed by atoms with Crippen LogP contribution in [0.25, 0.3) is 0 Å². The van der Waals surface area contributed by atoms with Crippen molar-refractivity contribution in [2.45, 2.75) is 20.4 Å². The minimum absolute atomic E-state index is 0.128. The molecule has 148 valence electrons. The molecule has 0 bridgehead atoms. The van der Waals surface area contributed by atoms with Crippen molar-refractivity contribution in [1.82, 2.24) is 15.2 Å². The number of nitrogens with zero attached hydrogens (tertiary/aromatic N) is 3. The summed E-state index contributed by atoms with van der Waals surface area (Å²) in [6, 6.07) is 11.5. The van der Waals surface area contributed by atoms with E-state index in [1.165, 1.54) is 0 Å². The van der Waals surface area contributed by atoms with Crippen molar-refractivity contribution in [2.75, 3.05) is 37.7 Å². The zero-order chi connectivity index (χ0) is 19.9. The average Bonchev–Trinajstić information content (AvgIpc) is 2.73. The molecule has 0 aliphatic carbocycles. The number of amides is 2. The molecule has 1 fully saturated rings. The van der Waals surface area contributed by atoms with E-state index >= 15 is 0 Å². The lowest BCUT2D eigenvalue weighted by molar-refractivity contribution is 0.0950. The van der Waals surface area contributed by atoms with Crippen LogP contribution in [0, 0.1) is 6.92 Å². The van der Waals surface area contributed by atoms with Crippen molar-refractivity contribution in [3.8, 4) is 0 Å². The number of hydrogen-bond donors (Lipinski definition) is 1. The van der Waals surface area contributed by atoms with E-state index in [2.05, 4.69) is 15.2 Å². The maximum Gasteiger partial charge on any atom is 0.409 e. The number of pyridine rings is 1.